The van der Waals surface area contributed by atoms with Crippen LogP contribution in [0.25, 0.3) is 0 Å². The normalized spacial score (nSPS) is 11.1. The molecule has 1 rings (SSSR count). The summed E-state index contributed by atoms with van der Waals surface area (Å²) in [6.07, 6.45) is 1.59. The van der Waals surface area contributed by atoms with E-state index in [4.69, 9.17) is 9.47 Å². The van der Waals surface area contributed by atoms with Gasteiger partial charge in [0.2, 0.25) is 0 Å². The van der Waals surface area contributed by atoms with Crippen molar-refractivity contribution < 1.29 is 29.6 Å². The molecular weight excluding hydrogens is 310 g/mol. The van der Waals surface area contributed by atoms with Gasteiger partial charge >= 0.3 is 14.2 Å². The van der Waals surface area contributed by atoms with Crippen molar-refractivity contribution in [2.24, 2.45) is 11.8 Å². The summed E-state index contributed by atoms with van der Waals surface area (Å²) in [5, 5.41) is 38.3. The summed E-state index contributed by atoms with van der Waals surface area (Å²) in [7, 11) is -3.48. The Hall–Kier alpha value is -1.21. The largest absolute Gasteiger partial charge is 0.494 e. The SMILES string of the molecule is CC(C)CCOc1cc(B(O)O)c(OCCC(C)C)cc1B(O)O. The highest BCUT2D eigenvalue weighted by Gasteiger charge is 2.25. The van der Waals surface area contributed by atoms with Gasteiger partial charge in [-0.15, -0.1) is 0 Å². The Labute approximate surface area is 144 Å². The molecule has 0 spiro atoms. The van der Waals surface area contributed by atoms with Gasteiger partial charge in [0, 0.05) is 10.9 Å². The second-order valence-corrected chi connectivity index (χ2v) is 6.74. The summed E-state index contributed by atoms with van der Waals surface area (Å²) in [6.45, 7) is 9.01. The first-order valence-corrected chi connectivity index (χ1v) is 8.38. The fourth-order valence-corrected chi connectivity index (χ4v) is 2.05. The van der Waals surface area contributed by atoms with Gasteiger partial charge in [0.25, 0.3) is 0 Å². The molecule has 134 valence electrons. The summed E-state index contributed by atoms with van der Waals surface area (Å²) < 4.78 is 11.2. The molecule has 1 aromatic rings. The lowest BCUT2D eigenvalue weighted by atomic mass is 9.73. The zero-order valence-corrected chi connectivity index (χ0v) is 14.9. The number of hydrogen-bond donors (Lipinski definition) is 4. The molecule has 0 bridgehead atoms. The predicted molar refractivity (Wildman–Crippen MR) is 96.0 cm³/mol. The van der Waals surface area contributed by atoms with Crippen LogP contribution in [0.3, 0.4) is 0 Å². The van der Waals surface area contributed by atoms with E-state index in [0.29, 0.717) is 25.0 Å². The van der Waals surface area contributed by atoms with E-state index in [2.05, 4.69) is 27.7 Å². The van der Waals surface area contributed by atoms with Gasteiger partial charge in [-0.3, -0.25) is 0 Å². The average molecular weight is 338 g/mol. The second kappa shape index (κ2) is 9.93. The van der Waals surface area contributed by atoms with Crippen molar-refractivity contribution in [2.45, 2.75) is 40.5 Å². The monoisotopic (exact) mass is 338 g/mol. The van der Waals surface area contributed by atoms with Gasteiger partial charge in [-0.05, 0) is 36.8 Å². The molecule has 0 aliphatic heterocycles. The van der Waals surface area contributed by atoms with Crippen LogP contribution in [0.2, 0.25) is 0 Å². The quantitative estimate of drug-likeness (QED) is 0.445. The number of rotatable bonds is 10. The zero-order valence-electron chi connectivity index (χ0n) is 14.9. The molecule has 0 radical (unpaired) electrons. The van der Waals surface area contributed by atoms with Crippen LogP contribution in [-0.2, 0) is 0 Å². The molecule has 0 heterocycles. The maximum absolute atomic E-state index is 9.58. The molecule has 0 aliphatic carbocycles. The van der Waals surface area contributed by atoms with Gasteiger partial charge in [-0.1, -0.05) is 27.7 Å². The van der Waals surface area contributed by atoms with Crippen LogP contribution in [0.1, 0.15) is 40.5 Å². The van der Waals surface area contributed by atoms with Gasteiger partial charge in [-0.25, -0.2) is 0 Å². The van der Waals surface area contributed by atoms with Gasteiger partial charge < -0.3 is 29.6 Å². The maximum atomic E-state index is 9.58. The van der Waals surface area contributed by atoms with Crippen molar-refractivity contribution in [3.63, 3.8) is 0 Å². The molecular formula is C16H28B2O6. The minimum Gasteiger partial charge on any atom is -0.494 e. The molecule has 0 aromatic heterocycles. The summed E-state index contributed by atoms with van der Waals surface area (Å²) in [6, 6.07) is 2.79. The average Bonchev–Trinajstić information content (AvgIpc) is 2.46. The molecule has 24 heavy (non-hydrogen) atoms. The molecule has 0 atom stereocenters. The number of benzene rings is 1. The van der Waals surface area contributed by atoms with E-state index in [-0.39, 0.29) is 22.4 Å². The highest BCUT2D eigenvalue weighted by molar-refractivity contribution is 6.62. The predicted octanol–water partition coefficient (Wildman–Crippen LogP) is -0.104. The molecule has 6 nitrogen and oxygen atoms in total. The zero-order chi connectivity index (χ0) is 18.3. The van der Waals surface area contributed by atoms with Crippen molar-refractivity contribution in [1.29, 1.82) is 0 Å². The van der Waals surface area contributed by atoms with E-state index in [1.807, 2.05) is 0 Å². The highest BCUT2D eigenvalue weighted by atomic mass is 16.5. The fourth-order valence-electron chi connectivity index (χ4n) is 2.05. The van der Waals surface area contributed by atoms with E-state index >= 15 is 0 Å². The number of hydrogen-bond acceptors (Lipinski definition) is 6. The van der Waals surface area contributed by atoms with E-state index < -0.39 is 14.2 Å². The molecule has 0 aliphatic rings. The molecule has 8 heteroatoms. The van der Waals surface area contributed by atoms with Gasteiger partial charge in [-0.2, -0.15) is 0 Å². The summed E-state index contributed by atoms with van der Waals surface area (Å²) in [5.41, 5.74) is 0.283. The van der Waals surface area contributed by atoms with Crippen molar-refractivity contribution >= 4 is 25.2 Å². The Morgan fingerprint density at radius 1 is 0.750 bits per heavy atom. The van der Waals surface area contributed by atoms with Crippen LogP contribution in [0.5, 0.6) is 11.5 Å². The standard InChI is InChI=1S/C16H28B2O6/c1-11(2)5-7-23-15-9-14(18(21)22)16(10-13(15)17(19)20)24-8-6-12(3)4/h9-12,19-22H,5-8H2,1-4H3. The third-order valence-electron chi connectivity index (χ3n) is 3.60. The van der Waals surface area contributed by atoms with Crippen molar-refractivity contribution in [3.8, 4) is 11.5 Å². The lowest BCUT2D eigenvalue weighted by Gasteiger charge is -2.18. The second-order valence-electron chi connectivity index (χ2n) is 6.74. The maximum Gasteiger partial charge on any atom is 0.492 e. The third-order valence-corrected chi connectivity index (χ3v) is 3.60. The first kappa shape index (κ1) is 20.8. The van der Waals surface area contributed by atoms with Crippen LogP contribution in [0.15, 0.2) is 12.1 Å². The minimum atomic E-state index is -1.74. The Morgan fingerprint density at radius 2 is 1.08 bits per heavy atom. The lowest BCUT2D eigenvalue weighted by molar-refractivity contribution is 0.283. The van der Waals surface area contributed by atoms with Crippen LogP contribution in [0, 0.1) is 11.8 Å². The van der Waals surface area contributed by atoms with Crippen LogP contribution in [-0.4, -0.2) is 47.5 Å². The molecule has 0 fully saturated rings. The Kier molecular flexibility index (Phi) is 8.62. The number of ether oxygens (including phenoxy) is 2. The molecule has 0 unspecified atom stereocenters. The lowest BCUT2D eigenvalue weighted by Crippen LogP contribution is -2.38. The first-order valence-electron chi connectivity index (χ1n) is 8.38. The molecule has 1 aromatic carbocycles. The summed E-state index contributed by atoms with van der Waals surface area (Å²) in [4.78, 5) is 0. The van der Waals surface area contributed by atoms with E-state index in [9.17, 15) is 20.1 Å². The molecule has 0 amide bonds. The van der Waals surface area contributed by atoms with E-state index in [0.717, 1.165) is 12.8 Å². The van der Waals surface area contributed by atoms with Gasteiger partial charge in [0.1, 0.15) is 11.5 Å². The topological polar surface area (TPSA) is 99.4 Å². The summed E-state index contributed by atoms with van der Waals surface area (Å²) >= 11 is 0. The van der Waals surface area contributed by atoms with Crippen LogP contribution in [0.4, 0.5) is 0 Å². The molecule has 4 N–H and O–H groups in total. The van der Waals surface area contributed by atoms with E-state index in [1.54, 1.807) is 0 Å². The third kappa shape index (κ3) is 6.73. The van der Waals surface area contributed by atoms with Crippen LogP contribution >= 0.6 is 0 Å². The van der Waals surface area contributed by atoms with Gasteiger partial charge in [0.05, 0.1) is 13.2 Å². The van der Waals surface area contributed by atoms with Crippen molar-refractivity contribution in [3.05, 3.63) is 12.1 Å². The Morgan fingerprint density at radius 3 is 1.33 bits per heavy atom. The molecule has 0 saturated carbocycles. The highest BCUT2D eigenvalue weighted by Crippen LogP contribution is 2.17. The smallest absolute Gasteiger partial charge is 0.492 e. The summed E-state index contributed by atoms with van der Waals surface area (Å²) in [5.74, 6) is 1.30. The van der Waals surface area contributed by atoms with Crippen LogP contribution < -0.4 is 20.4 Å². The Balaban J connectivity index is 3.04. The minimum absolute atomic E-state index is 0.141. The molecule has 0 saturated heterocycles. The fraction of sp³-hybridized carbons (Fsp3) is 0.625. The Bertz CT molecular complexity index is 460. The first-order chi connectivity index (χ1) is 11.2. The van der Waals surface area contributed by atoms with Gasteiger partial charge in [0.15, 0.2) is 0 Å². The van der Waals surface area contributed by atoms with Crippen molar-refractivity contribution in [2.75, 3.05) is 13.2 Å². The van der Waals surface area contributed by atoms with E-state index in [1.165, 1.54) is 12.1 Å². The van der Waals surface area contributed by atoms with Crippen molar-refractivity contribution in [1.82, 2.24) is 0 Å².